The standard InChI is InChI=1S/C18H23N3S/c1-18(2)15-9-8-14(16(18)10-15)12-20-21-17(22)19-11-13-6-4-3-5-7-13/h3-8,12,15-16H,9-11H2,1-2H3,(H2,19,21,22)/t15-,16+/m0/s1. The topological polar surface area (TPSA) is 36.4 Å². The van der Waals surface area contributed by atoms with E-state index in [-0.39, 0.29) is 0 Å². The Kier molecular flexibility index (Phi) is 4.30. The number of hydrogen-bond acceptors (Lipinski definition) is 2. The molecular formula is C18H23N3S. The fourth-order valence-electron chi connectivity index (χ4n) is 3.53. The molecule has 0 unspecified atom stereocenters. The molecule has 2 N–H and O–H groups in total. The Morgan fingerprint density at radius 1 is 1.36 bits per heavy atom. The number of allylic oxidation sites excluding steroid dienone is 2. The lowest BCUT2D eigenvalue weighted by molar-refractivity contribution is -0.00126. The van der Waals surface area contributed by atoms with E-state index in [0.29, 0.717) is 23.0 Å². The highest BCUT2D eigenvalue weighted by molar-refractivity contribution is 7.80. The summed E-state index contributed by atoms with van der Waals surface area (Å²) >= 11 is 5.25. The maximum Gasteiger partial charge on any atom is 0.187 e. The lowest BCUT2D eigenvalue weighted by atomic mass is 9.49. The van der Waals surface area contributed by atoms with Gasteiger partial charge in [0.25, 0.3) is 0 Å². The molecule has 3 aliphatic rings. The number of nitrogens with one attached hydrogen (secondary N) is 2. The summed E-state index contributed by atoms with van der Waals surface area (Å²) in [4.78, 5) is 0. The Bertz CT molecular complexity index is 604. The van der Waals surface area contributed by atoms with Crippen LogP contribution < -0.4 is 10.7 Å². The van der Waals surface area contributed by atoms with Gasteiger partial charge in [-0.25, -0.2) is 0 Å². The van der Waals surface area contributed by atoms with Crippen LogP contribution in [0, 0.1) is 17.3 Å². The highest BCUT2D eigenvalue weighted by Gasteiger charge is 2.50. The first-order valence-corrected chi connectivity index (χ1v) is 8.29. The Labute approximate surface area is 137 Å². The second kappa shape index (κ2) is 6.21. The summed E-state index contributed by atoms with van der Waals surface area (Å²) in [5, 5.41) is 8.02. The average molecular weight is 313 g/mol. The van der Waals surface area contributed by atoms with Crippen LogP contribution in [-0.4, -0.2) is 11.3 Å². The fourth-order valence-corrected chi connectivity index (χ4v) is 3.65. The van der Waals surface area contributed by atoms with Gasteiger partial charge in [-0.15, -0.1) is 0 Å². The summed E-state index contributed by atoms with van der Waals surface area (Å²) in [7, 11) is 0. The molecule has 22 heavy (non-hydrogen) atoms. The minimum absolute atomic E-state index is 0.433. The van der Waals surface area contributed by atoms with Crippen LogP contribution in [0.25, 0.3) is 0 Å². The number of fused-ring (bicyclic) bond motifs is 1. The SMILES string of the molecule is CC1(C)[C@H]2CC=C(C=NNC(=S)NCc3ccccc3)[C@H]1C2. The third kappa shape index (κ3) is 3.07. The molecule has 1 saturated carbocycles. The molecule has 0 aliphatic heterocycles. The van der Waals surface area contributed by atoms with E-state index in [4.69, 9.17) is 12.2 Å². The Balaban J connectivity index is 1.46. The van der Waals surface area contributed by atoms with E-state index in [1.807, 2.05) is 24.4 Å². The number of nitrogens with zero attached hydrogens (tertiary/aromatic N) is 1. The van der Waals surface area contributed by atoms with E-state index >= 15 is 0 Å². The lowest BCUT2D eigenvalue weighted by Gasteiger charge is -2.55. The number of thiocarbonyl (C=S) groups is 1. The van der Waals surface area contributed by atoms with Crippen molar-refractivity contribution in [3.8, 4) is 0 Å². The minimum atomic E-state index is 0.433. The van der Waals surface area contributed by atoms with Crippen molar-refractivity contribution in [1.29, 1.82) is 0 Å². The van der Waals surface area contributed by atoms with Gasteiger partial charge in [0.2, 0.25) is 0 Å². The largest absolute Gasteiger partial charge is 0.357 e. The summed E-state index contributed by atoms with van der Waals surface area (Å²) in [6.07, 6.45) is 6.76. The summed E-state index contributed by atoms with van der Waals surface area (Å²) in [5.41, 5.74) is 5.90. The van der Waals surface area contributed by atoms with Crippen LogP contribution in [0.3, 0.4) is 0 Å². The van der Waals surface area contributed by atoms with Gasteiger partial charge < -0.3 is 5.32 Å². The second-order valence-electron chi connectivity index (χ2n) is 6.78. The van der Waals surface area contributed by atoms with Gasteiger partial charge in [-0.1, -0.05) is 50.3 Å². The van der Waals surface area contributed by atoms with E-state index in [9.17, 15) is 0 Å². The van der Waals surface area contributed by atoms with Crippen LogP contribution in [0.15, 0.2) is 47.1 Å². The molecule has 0 spiro atoms. The summed E-state index contributed by atoms with van der Waals surface area (Å²) < 4.78 is 0. The quantitative estimate of drug-likeness (QED) is 0.506. The van der Waals surface area contributed by atoms with Gasteiger partial charge in [-0.2, -0.15) is 5.10 Å². The molecule has 116 valence electrons. The van der Waals surface area contributed by atoms with Crippen molar-refractivity contribution in [1.82, 2.24) is 10.7 Å². The number of hydrazone groups is 1. The average Bonchev–Trinajstić information content (AvgIpc) is 2.54. The molecule has 0 saturated heterocycles. The van der Waals surface area contributed by atoms with Crippen LogP contribution in [0.4, 0.5) is 0 Å². The van der Waals surface area contributed by atoms with Crippen molar-refractivity contribution in [2.75, 3.05) is 0 Å². The maximum atomic E-state index is 5.25. The highest BCUT2D eigenvalue weighted by Crippen LogP contribution is 2.58. The predicted octanol–water partition coefficient (Wildman–Crippen LogP) is 3.63. The van der Waals surface area contributed by atoms with Gasteiger partial charge in [-0.3, -0.25) is 5.43 Å². The highest BCUT2D eigenvalue weighted by atomic mass is 32.1. The van der Waals surface area contributed by atoms with Crippen LogP contribution in [0.2, 0.25) is 0 Å². The van der Waals surface area contributed by atoms with Gasteiger partial charge >= 0.3 is 0 Å². The second-order valence-corrected chi connectivity index (χ2v) is 7.19. The van der Waals surface area contributed by atoms with Crippen molar-refractivity contribution in [2.45, 2.75) is 33.2 Å². The molecule has 1 aromatic rings. The molecule has 0 radical (unpaired) electrons. The first kappa shape index (κ1) is 15.2. The van der Waals surface area contributed by atoms with Gasteiger partial charge in [0.05, 0.1) is 6.21 Å². The smallest absolute Gasteiger partial charge is 0.187 e. The van der Waals surface area contributed by atoms with Crippen molar-refractivity contribution in [2.24, 2.45) is 22.4 Å². The zero-order valence-corrected chi connectivity index (χ0v) is 14.0. The van der Waals surface area contributed by atoms with Gasteiger partial charge in [0.15, 0.2) is 5.11 Å². The molecule has 0 heterocycles. The summed E-state index contributed by atoms with van der Waals surface area (Å²) in [5.74, 6) is 1.51. The van der Waals surface area contributed by atoms with E-state index in [2.05, 4.69) is 47.9 Å². The van der Waals surface area contributed by atoms with E-state index in [1.165, 1.54) is 24.0 Å². The molecule has 1 fully saturated rings. The summed E-state index contributed by atoms with van der Waals surface area (Å²) in [6, 6.07) is 10.2. The third-order valence-corrected chi connectivity index (χ3v) is 5.42. The fraction of sp³-hybridized carbons (Fsp3) is 0.444. The molecule has 1 aromatic carbocycles. The zero-order chi connectivity index (χ0) is 15.6. The van der Waals surface area contributed by atoms with E-state index in [1.54, 1.807) is 0 Å². The molecule has 3 nitrogen and oxygen atoms in total. The Morgan fingerprint density at radius 2 is 2.14 bits per heavy atom. The Morgan fingerprint density at radius 3 is 2.82 bits per heavy atom. The van der Waals surface area contributed by atoms with Crippen molar-refractivity contribution in [3.63, 3.8) is 0 Å². The van der Waals surface area contributed by atoms with Crippen LogP contribution in [-0.2, 0) is 6.54 Å². The van der Waals surface area contributed by atoms with Gasteiger partial charge in [0.1, 0.15) is 0 Å². The minimum Gasteiger partial charge on any atom is -0.357 e. The number of rotatable bonds is 4. The number of hydrogen-bond donors (Lipinski definition) is 2. The number of benzene rings is 1. The van der Waals surface area contributed by atoms with Crippen molar-refractivity contribution < 1.29 is 0 Å². The molecule has 2 atom stereocenters. The molecule has 2 bridgehead atoms. The molecule has 4 rings (SSSR count). The van der Waals surface area contributed by atoms with Crippen LogP contribution >= 0.6 is 12.2 Å². The predicted molar refractivity (Wildman–Crippen MR) is 95.6 cm³/mol. The van der Waals surface area contributed by atoms with E-state index in [0.717, 1.165) is 5.92 Å². The Hall–Kier alpha value is -1.68. The first-order chi connectivity index (χ1) is 10.6. The maximum absolute atomic E-state index is 5.25. The molecule has 4 heteroatoms. The molecular weight excluding hydrogens is 290 g/mol. The summed E-state index contributed by atoms with van der Waals surface area (Å²) in [6.45, 7) is 5.44. The third-order valence-electron chi connectivity index (χ3n) is 5.19. The van der Waals surface area contributed by atoms with Crippen LogP contribution in [0.1, 0.15) is 32.3 Å². The molecule has 0 aromatic heterocycles. The lowest BCUT2D eigenvalue weighted by Crippen LogP contribution is -2.48. The van der Waals surface area contributed by atoms with Crippen LogP contribution in [0.5, 0.6) is 0 Å². The molecule has 0 amide bonds. The monoisotopic (exact) mass is 313 g/mol. The van der Waals surface area contributed by atoms with Crippen molar-refractivity contribution in [3.05, 3.63) is 47.5 Å². The van der Waals surface area contributed by atoms with Gasteiger partial charge in [-0.05, 0) is 53.4 Å². The first-order valence-electron chi connectivity index (χ1n) is 7.88. The molecule has 3 aliphatic carbocycles. The van der Waals surface area contributed by atoms with E-state index < -0.39 is 0 Å². The van der Waals surface area contributed by atoms with Crippen molar-refractivity contribution >= 4 is 23.5 Å². The normalized spacial score (nSPS) is 25.3. The van der Waals surface area contributed by atoms with Gasteiger partial charge in [0, 0.05) is 6.54 Å². The zero-order valence-electron chi connectivity index (χ0n) is 13.2.